The molecule has 1 aromatic carbocycles. The molecule has 1 atom stereocenters. The molecule has 0 spiro atoms. The van der Waals surface area contributed by atoms with Gasteiger partial charge in [0.2, 0.25) is 0 Å². The van der Waals surface area contributed by atoms with Crippen LogP contribution < -0.4 is 16.6 Å². The molecule has 1 unspecified atom stereocenters. The van der Waals surface area contributed by atoms with Gasteiger partial charge in [-0.2, -0.15) is 0 Å². The van der Waals surface area contributed by atoms with Gasteiger partial charge >= 0.3 is 5.69 Å². The predicted octanol–water partition coefficient (Wildman–Crippen LogP) is 1.31. The number of nitrogens with zero attached hydrogens (tertiary/aromatic N) is 3. The van der Waals surface area contributed by atoms with Gasteiger partial charge in [-0.05, 0) is 17.7 Å². The topological polar surface area (TPSA) is 59.3 Å². The molecule has 2 heterocycles. The van der Waals surface area contributed by atoms with E-state index in [0.29, 0.717) is 17.1 Å². The maximum Gasteiger partial charge on any atom is 0.330 e. The van der Waals surface area contributed by atoms with Crippen molar-refractivity contribution in [3.05, 3.63) is 67.4 Å². The van der Waals surface area contributed by atoms with Gasteiger partial charge in [0.1, 0.15) is 0 Å². The summed E-state index contributed by atoms with van der Waals surface area (Å²) in [6.07, 6.45) is 1.64. The van der Waals surface area contributed by atoms with E-state index in [0.717, 1.165) is 29.8 Å². The fraction of sp³-hybridized carbons (Fsp3) is 0.412. The predicted molar refractivity (Wildman–Crippen MR) is 102 cm³/mol. The normalized spacial score (nSPS) is 18.0. The summed E-state index contributed by atoms with van der Waals surface area (Å²) in [7, 11) is 3.18. The highest BCUT2D eigenvalue weighted by Gasteiger charge is 2.25. The number of aryl methyl sites for hydroxylation is 1. The van der Waals surface area contributed by atoms with Gasteiger partial charge in [-0.15, -0.1) is 12.4 Å². The van der Waals surface area contributed by atoms with E-state index in [-0.39, 0.29) is 29.7 Å². The summed E-state index contributed by atoms with van der Waals surface area (Å²) < 4.78 is 2.61. The average Bonchev–Trinajstić information content (AvgIpc) is 2.58. The summed E-state index contributed by atoms with van der Waals surface area (Å²) in [6.45, 7) is 2.98. The molecule has 1 N–H and O–H groups in total. The Balaban J connectivity index is 0.00000225. The minimum atomic E-state index is -0.310. The molecule has 136 valence electrons. The van der Waals surface area contributed by atoms with E-state index in [4.69, 9.17) is 11.6 Å². The van der Waals surface area contributed by atoms with Gasteiger partial charge in [0.05, 0.1) is 0 Å². The van der Waals surface area contributed by atoms with Crippen molar-refractivity contribution in [1.29, 1.82) is 0 Å². The first-order valence-corrected chi connectivity index (χ1v) is 8.31. The van der Waals surface area contributed by atoms with Gasteiger partial charge in [-0.1, -0.05) is 23.7 Å². The third-order valence-corrected chi connectivity index (χ3v) is 4.71. The number of hydrogen-bond donors (Lipinski definition) is 1. The number of benzene rings is 1. The second-order valence-corrected chi connectivity index (χ2v) is 6.59. The Morgan fingerprint density at radius 1 is 1.28 bits per heavy atom. The van der Waals surface area contributed by atoms with E-state index in [1.54, 1.807) is 13.2 Å². The monoisotopic (exact) mass is 384 g/mol. The van der Waals surface area contributed by atoms with Crippen LogP contribution in [0.25, 0.3) is 0 Å². The minimum absolute atomic E-state index is 0. The van der Waals surface area contributed by atoms with Gasteiger partial charge in [-0.3, -0.25) is 14.3 Å². The summed E-state index contributed by atoms with van der Waals surface area (Å²) in [4.78, 5) is 26.5. The Morgan fingerprint density at radius 3 is 2.76 bits per heavy atom. The molecular formula is C17H22Cl2N4O2. The van der Waals surface area contributed by atoms with Crippen LogP contribution in [0.2, 0.25) is 5.02 Å². The number of rotatable bonds is 3. The van der Waals surface area contributed by atoms with Gasteiger partial charge < -0.3 is 9.88 Å². The summed E-state index contributed by atoms with van der Waals surface area (Å²) in [6, 6.07) is 7.95. The smallest absolute Gasteiger partial charge is 0.314 e. The third kappa shape index (κ3) is 4.15. The number of nitrogens with one attached hydrogen (secondary N) is 1. The van der Waals surface area contributed by atoms with E-state index < -0.39 is 0 Å². The summed E-state index contributed by atoms with van der Waals surface area (Å²) in [5.41, 5.74) is 1.20. The molecule has 0 amide bonds. The lowest BCUT2D eigenvalue weighted by atomic mass is 10.0. The van der Waals surface area contributed by atoms with Gasteiger partial charge in [0.25, 0.3) is 5.56 Å². The lowest BCUT2D eigenvalue weighted by molar-refractivity contribution is 0.152. The van der Waals surface area contributed by atoms with Crippen molar-refractivity contribution in [2.75, 3.05) is 19.6 Å². The van der Waals surface area contributed by atoms with Gasteiger partial charge in [0.15, 0.2) is 0 Å². The summed E-state index contributed by atoms with van der Waals surface area (Å²) in [5, 5.41) is 4.10. The fourth-order valence-corrected chi connectivity index (χ4v) is 3.39. The van der Waals surface area contributed by atoms with Crippen molar-refractivity contribution in [3.63, 3.8) is 0 Å². The SMILES string of the molecule is Cl.Cn1cc(CN2CCNCC2c2cccc(Cl)c2)c(=O)n(C)c1=O. The van der Waals surface area contributed by atoms with Crippen LogP contribution in [0, 0.1) is 0 Å². The Kier molecular flexibility index (Phi) is 6.46. The Labute approximate surface area is 157 Å². The Bertz CT molecular complexity index is 862. The second-order valence-electron chi connectivity index (χ2n) is 6.16. The lowest BCUT2D eigenvalue weighted by Crippen LogP contribution is -2.47. The number of hydrogen-bond acceptors (Lipinski definition) is 4. The summed E-state index contributed by atoms with van der Waals surface area (Å²) >= 11 is 6.13. The molecule has 1 fully saturated rings. The van der Waals surface area contributed by atoms with Crippen molar-refractivity contribution in [1.82, 2.24) is 19.4 Å². The van der Waals surface area contributed by atoms with Crippen molar-refractivity contribution >= 4 is 24.0 Å². The highest BCUT2D eigenvalue weighted by Crippen LogP contribution is 2.25. The molecule has 25 heavy (non-hydrogen) atoms. The first-order chi connectivity index (χ1) is 11.5. The molecule has 0 bridgehead atoms. The molecule has 1 aromatic heterocycles. The molecule has 2 aromatic rings. The standard InChI is InChI=1S/C17H21ClN4O2.ClH/c1-20-10-13(16(23)21(2)17(20)24)11-22-7-6-19-9-15(22)12-4-3-5-14(18)8-12;/h3-5,8,10,15,19H,6-7,9,11H2,1-2H3;1H. The highest BCUT2D eigenvalue weighted by molar-refractivity contribution is 6.30. The molecular weight excluding hydrogens is 363 g/mol. The largest absolute Gasteiger partial charge is 0.330 e. The van der Waals surface area contributed by atoms with Crippen molar-refractivity contribution in [3.8, 4) is 0 Å². The van der Waals surface area contributed by atoms with Crippen molar-refractivity contribution < 1.29 is 0 Å². The van der Waals surface area contributed by atoms with E-state index in [2.05, 4.69) is 16.3 Å². The van der Waals surface area contributed by atoms with Crippen LogP contribution in [0.1, 0.15) is 17.2 Å². The Morgan fingerprint density at radius 2 is 2.04 bits per heavy atom. The Hall–Kier alpha value is -1.60. The zero-order chi connectivity index (χ0) is 17.3. The average molecular weight is 385 g/mol. The first kappa shape index (κ1) is 19.7. The number of piperazine rings is 1. The molecule has 0 aliphatic carbocycles. The molecule has 1 aliphatic rings. The zero-order valence-corrected chi connectivity index (χ0v) is 15.8. The molecule has 1 aliphatic heterocycles. The second kappa shape index (κ2) is 8.19. The molecule has 3 rings (SSSR count). The summed E-state index contributed by atoms with van der Waals surface area (Å²) in [5.74, 6) is 0. The molecule has 0 saturated carbocycles. The van der Waals surface area contributed by atoms with Crippen LogP contribution in [-0.2, 0) is 20.6 Å². The van der Waals surface area contributed by atoms with Gasteiger partial charge in [0, 0.05) is 63.1 Å². The third-order valence-electron chi connectivity index (χ3n) is 4.48. The van der Waals surface area contributed by atoms with Crippen LogP contribution in [0.15, 0.2) is 40.1 Å². The van der Waals surface area contributed by atoms with E-state index in [9.17, 15) is 9.59 Å². The lowest BCUT2D eigenvalue weighted by Gasteiger charge is -2.36. The number of halogens is 2. The van der Waals surface area contributed by atoms with Crippen LogP contribution in [0.3, 0.4) is 0 Å². The minimum Gasteiger partial charge on any atom is -0.314 e. The quantitative estimate of drug-likeness (QED) is 0.866. The first-order valence-electron chi connectivity index (χ1n) is 7.93. The van der Waals surface area contributed by atoms with Gasteiger partial charge in [-0.25, -0.2) is 4.79 Å². The van der Waals surface area contributed by atoms with E-state index in [1.807, 2.05) is 18.2 Å². The van der Waals surface area contributed by atoms with Crippen molar-refractivity contribution in [2.24, 2.45) is 14.1 Å². The van der Waals surface area contributed by atoms with Crippen molar-refractivity contribution in [2.45, 2.75) is 12.6 Å². The van der Waals surface area contributed by atoms with E-state index >= 15 is 0 Å². The van der Waals surface area contributed by atoms with Crippen LogP contribution in [0.5, 0.6) is 0 Å². The molecule has 1 saturated heterocycles. The molecule has 8 heteroatoms. The van der Waals surface area contributed by atoms with Crippen LogP contribution >= 0.6 is 24.0 Å². The van der Waals surface area contributed by atoms with Crippen LogP contribution in [-0.4, -0.2) is 33.7 Å². The maximum atomic E-state index is 12.4. The van der Waals surface area contributed by atoms with Crippen LogP contribution in [0.4, 0.5) is 0 Å². The molecule has 0 radical (unpaired) electrons. The maximum absolute atomic E-state index is 12.4. The highest BCUT2D eigenvalue weighted by atomic mass is 35.5. The molecule has 6 nitrogen and oxygen atoms in total. The fourth-order valence-electron chi connectivity index (χ4n) is 3.19. The number of aromatic nitrogens is 2. The zero-order valence-electron chi connectivity index (χ0n) is 14.2. The van der Waals surface area contributed by atoms with E-state index in [1.165, 1.54) is 11.6 Å².